The van der Waals surface area contributed by atoms with Crippen molar-refractivity contribution in [3.63, 3.8) is 0 Å². The van der Waals surface area contributed by atoms with Crippen LogP contribution in [0.4, 0.5) is 0 Å². The molecular formula is C12H22. The van der Waals surface area contributed by atoms with Gasteiger partial charge in [-0.25, -0.2) is 0 Å². The molecule has 0 aromatic rings. The molecule has 0 heteroatoms. The van der Waals surface area contributed by atoms with Crippen LogP contribution in [0.25, 0.3) is 0 Å². The topological polar surface area (TPSA) is 0 Å². The molecule has 0 atom stereocenters. The molecule has 0 fully saturated rings. The SMILES string of the molecule is C=CCCCCCCC=CCC. The Kier molecular flexibility index (Phi) is 10.0. The Balaban J connectivity index is 2.90. The maximum atomic E-state index is 3.71. The molecule has 0 aliphatic rings. The molecule has 0 aliphatic carbocycles. The minimum absolute atomic E-state index is 1.18. The Morgan fingerprint density at radius 2 is 1.58 bits per heavy atom. The van der Waals surface area contributed by atoms with Crippen LogP contribution in [0.2, 0.25) is 0 Å². The molecule has 0 bridgehead atoms. The van der Waals surface area contributed by atoms with Gasteiger partial charge in [-0.1, -0.05) is 38.0 Å². The predicted octanol–water partition coefficient (Wildman–Crippen LogP) is 4.48. The maximum Gasteiger partial charge on any atom is -0.0351 e. The largest absolute Gasteiger partial charge is 0.103 e. The van der Waals surface area contributed by atoms with Gasteiger partial charge in [0.25, 0.3) is 0 Å². The summed E-state index contributed by atoms with van der Waals surface area (Å²) in [7, 11) is 0. The third kappa shape index (κ3) is 9.48. The smallest absolute Gasteiger partial charge is 0.0351 e. The van der Waals surface area contributed by atoms with E-state index in [0.29, 0.717) is 0 Å². The number of hydrogen-bond donors (Lipinski definition) is 0. The van der Waals surface area contributed by atoms with Gasteiger partial charge >= 0.3 is 0 Å². The Bertz CT molecular complexity index is 111. The second-order valence-electron chi connectivity index (χ2n) is 3.16. The van der Waals surface area contributed by atoms with Crippen molar-refractivity contribution in [2.24, 2.45) is 0 Å². The zero-order chi connectivity index (χ0) is 9.07. The highest BCUT2D eigenvalue weighted by Crippen LogP contribution is 2.05. The summed E-state index contributed by atoms with van der Waals surface area (Å²) in [5.74, 6) is 0. The lowest BCUT2D eigenvalue weighted by atomic mass is 10.1. The lowest BCUT2D eigenvalue weighted by molar-refractivity contribution is 0.652. The van der Waals surface area contributed by atoms with Gasteiger partial charge in [0, 0.05) is 0 Å². The summed E-state index contributed by atoms with van der Waals surface area (Å²) in [5, 5.41) is 0. The summed E-state index contributed by atoms with van der Waals surface area (Å²) in [4.78, 5) is 0. The highest BCUT2D eigenvalue weighted by Gasteiger charge is 1.86. The fourth-order valence-corrected chi connectivity index (χ4v) is 1.19. The summed E-state index contributed by atoms with van der Waals surface area (Å²) in [5.41, 5.74) is 0. The Morgan fingerprint density at radius 3 is 2.17 bits per heavy atom. The monoisotopic (exact) mass is 166 g/mol. The molecule has 12 heavy (non-hydrogen) atoms. The molecule has 0 aromatic carbocycles. The van der Waals surface area contributed by atoms with Crippen LogP contribution in [0, 0.1) is 0 Å². The molecule has 0 saturated heterocycles. The standard InChI is InChI=1S/C12H22/c1-3-5-7-9-11-12-10-8-6-4-2/h3,6,8H,1,4-5,7,9-12H2,2H3. The van der Waals surface area contributed by atoms with E-state index in [1.807, 2.05) is 6.08 Å². The van der Waals surface area contributed by atoms with Crippen LogP contribution < -0.4 is 0 Å². The van der Waals surface area contributed by atoms with Gasteiger partial charge in [-0.3, -0.25) is 0 Å². The minimum Gasteiger partial charge on any atom is -0.103 e. The molecule has 0 aromatic heterocycles. The zero-order valence-corrected chi connectivity index (χ0v) is 8.39. The van der Waals surface area contributed by atoms with E-state index in [1.165, 1.54) is 44.9 Å². The van der Waals surface area contributed by atoms with Crippen molar-refractivity contribution in [1.29, 1.82) is 0 Å². The molecule has 0 rings (SSSR count). The highest BCUT2D eigenvalue weighted by atomic mass is 13.9. The molecule has 0 saturated carbocycles. The first-order valence-electron chi connectivity index (χ1n) is 5.17. The third-order valence-corrected chi connectivity index (χ3v) is 1.93. The molecule has 0 heterocycles. The van der Waals surface area contributed by atoms with E-state index in [4.69, 9.17) is 0 Å². The molecular weight excluding hydrogens is 144 g/mol. The minimum atomic E-state index is 1.18. The highest BCUT2D eigenvalue weighted by molar-refractivity contribution is 4.79. The molecule has 0 nitrogen and oxygen atoms in total. The summed E-state index contributed by atoms with van der Waals surface area (Å²) in [6, 6.07) is 0. The summed E-state index contributed by atoms with van der Waals surface area (Å²) in [6.45, 7) is 5.89. The number of unbranched alkanes of at least 4 members (excludes halogenated alkanes) is 5. The molecule has 0 aliphatic heterocycles. The van der Waals surface area contributed by atoms with Crippen molar-refractivity contribution >= 4 is 0 Å². The van der Waals surface area contributed by atoms with Gasteiger partial charge in [-0.15, -0.1) is 6.58 Å². The van der Waals surface area contributed by atoms with Crippen molar-refractivity contribution in [3.8, 4) is 0 Å². The lowest BCUT2D eigenvalue weighted by Crippen LogP contribution is -1.76. The van der Waals surface area contributed by atoms with Gasteiger partial charge < -0.3 is 0 Å². The van der Waals surface area contributed by atoms with E-state index < -0.39 is 0 Å². The summed E-state index contributed by atoms with van der Waals surface area (Å²) >= 11 is 0. The van der Waals surface area contributed by atoms with Crippen molar-refractivity contribution < 1.29 is 0 Å². The van der Waals surface area contributed by atoms with E-state index >= 15 is 0 Å². The van der Waals surface area contributed by atoms with Crippen molar-refractivity contribution in [2.45, 2.75) is 51.9 Å². The van der Waals surface area contributed by atoms with Crippen LogP contribution in [0.15, 0.2) is 24.8 Å². The van der Waals surface area contributed by atoms with E-state index in [-0.39, 0.29) is 0 Å². The fourth-order valence-electron chi connectivity index (χ4n) is 1.19. The molecule has 0 unspecified atom stereocenters. The summed E-state index contributed by atoms with van der Waals surface area (Å²) < 4.78 is 0. The van der Waals surface area contributed by atoms with Crippen LogP contribution in [0.3, 0.4) is 0 Å². The van der Waals surface area contributed by atoms with E-state index in [1.54, 1.807) is 0 Å². The first-order valence-corrected chi connectivity index (χ1v) is 5.17. The average molecular weight is 166 g/mol. The Morgan fingerprint density at radius 1 is 0.917 bits per heavy atom. The molecule has 0 spiro atoms. The van der Waals surface area contributed by atoms with Crippen molar-refractivity contribution in [1.82, 2.24) is 0 Å². The van der Waals surface area contributed by atoms with Crippen LogP contribution in [-0.2, 0) is 0 Å². The molecule has 0 amide bonds. The lowest BCUT2D eigenvalue weighted by Gasteiger charge is -1.95. The second kappa shape index (κ2) is 10.5. The van der Waals surface area contributed by atoms with Gasteiger partial charge in [0.15, 0.2) is 0 Å². The van der Waals surface area contributed by atoms with Gasteiger partial charge in [0.2, 0.25) is 0 Å². The van der Waals surface area contributed by atoms with Crippen LogP contribution in [0.5, 0.6) is 0 Å². The quantitative estimate of drug-likeness (QED) is 0.368. The van der Waals surface area contributed by atoms with E-state index in [0.717, 1.165) is 0 Å². The van der Waals surface area contributed by atoms with Crippen molar-refractivity contribution in [2.75, 3.05) is 0 Å². The number of allylic oxidation sites excluding steroid dienone is 3. The predicted molar refractivity (Wildman–Crippen MR) is 57.3 cm³/mol. The third-order valence-electron chi connectivity index (χ3n) is 1.93. The van der Waals surface area contributed by atoms with Gasteiger partial charge in [0.05, 0.1) is 0 Å². The van der Waals surface area contributed by atoms with Gasteiger partial charge in [-0.05, 0) is 32.1 Å². The molecule has 70 valence electrons. The average Bonchev–Trinajstić information content (AvgIpc) is 2.10. The van der Waals surface area contributed by atoms with Gasteiger partial charge in [-0.2, -0.15) is 0 Å². The maximum absolute atomic E-state index is 3.71. The van der Waals surface area contributed by atoms with Crippen LogP contribution in [0.1, 0.15) is 51.9 Å². The zero-order valence-electron chi connectivity index (χ0n) is 8.39. The first-order chi connectivity index (χ1) is 5.91. The Labute approximate surface area is 77.4 Å². The Hall–Kier alpha value is -0.520. The normalized spacial score (nSPS) is 10.8. The van der Waals surface area contributed by atoms with Crippen LogP contribution in [-0.4, -0.2) is 0 Å². The van der Waals surface area contributed by atoms with Gasteiger partial charge in [0.1, 0.15) is 0 Å². The summed E-state index contributed by atoms with van der Waals surface area (Å²) in [6.07, 6.45) is 15.6. The van der Waals surface area contributed by atoms with Crippen LogP contribution >= 0.6 is 0 Å². The van der Waals surface area contributed by atoms with E-state index in [9.17, 15) is 0 Å². The number of hydrogen-bond acceptors (Lipinski definition) is 0. The molecule has 0 radical (unpaired) electrons. The fraction of sp³-hybridized carbons (Fsp3) is 0.667. The first kappa shape index (κ1) is 11.5. The second-order valence-corrected chi connectivity index (χ2v) is 3.16. The van der Waals surface area contributed by atoms with E-state index in [2.05, 4.69) is 25.7 Å². The number of rotatable bonds is 8. The molecule has 0 N–H and O–H groups in total. The van der Waals surface area contributed by atoms with Crippen molar-refractivity contribution in [3.05, 3.63) is 24.8 Å².